The van der Waals surface area contributed by atoms with Gasteiger partial charge in [-0.05, 0) is 38.5 Å². The SMILES string of the molecule is Cc1noc(C)c1CNC(C)c1cccc(C(F)(F)F)c1. The van der Waals surface area contributed by atoms with E-state index < -0.39 is 11.7 Å². The molecule has 0 saturated carbocycles. The Balaban J connectivity index is 2.09. The lowest BCUT2D eigenvalue weighted by Gasteiger charge is -2.16. The van der Waals surface area contributed by atoms with Gasteiger partial charge in [0.1, 0.15) is 5.76 Å². The lowest BCUT2D eigenvalue weighted by Crippen LogP contribution is -2.19. The fourth-order valence-electron chi connectivity index (χ4n) is 2.11. The van der Waals surface area contributed by atoms with Gasteiger partial charge in [0.2, 0.25) is 0 Å². The van der Waals surface area contributed by atoms with E-state index in [0.29, 0.717) is 12.1 Å². The van der Waals surface area contributed by atoms with Crippen molar-refractivity contribution < 1.29 is 17.7 Å². The van der Waals surface area contributed by atoms with E-state index in [1.54, 1.807) is 6.07 Å². The normalized spacial score (nSPS) is 13.4. The summed E-state index contributed by atoms with van der Waals surface area (Å²) >= 11 is 0. The Morgan fingerprint density at radius 1 is 1.29 bits per heavy atom. The highest BCUT2D eigenvalue weighted by atomic mass is 19.4. The van der Waals surface area contributed by atoms with E-state index in [1.807, 2.05) is 20.8 Å². The lowest BCUT2D eigenvalue weighted by atomic mass is 10.0. The van der Waals surface area contributed by atoms with E-state index in [2.05, 4.69) is 10.5 Å². The summed E-state index contributed by atoms with van der Waals surface area (Å²) in [4.78, 5) is 0. The third kappa shape index (κ3) is 3.64. The van der Waals surface area contributed by atoms with Crippen LogP contribution < -0.4 is 5.32 Å². The van der Waals surface area contributed by atoms with E-state index in [1.165, 1.54) is 12.1 Å². The standard InChI is InChI=1S/C15H17F3N2O/c1-9(19-8-14-10(2)20-21-11(14)3)12-5-4-6-13(7-12)15(16,17)18/h4-7,9,19H,8H2,1-3H3. The molecule has 114 valence electrons. The van der Waals surface area contributed by atoms with Gasteiger partial charge >= 0.3 is 6.18 Å². The zero-order valence-corrected chi connectivity index (χ0v) is 12.1. The maximum absolute atomic E-state index is 12.7. The third-order valence-electron chi connectivity index (χ3n) is 3.48. The first-order valence-electron chi connectivity index (χ1n) is 6.61. The fraction of sp³-hybridized carbons (Fsp3) is 0.400. The first-order valence-corrected chi connectivity index (χ1v) is 6.61. The van der Waals surface area contributed by atoms with Gasteiger partial charge in [-0.2, -0.15) is 13.2 Å². The van der Waals surface area contributed by atoms with Gasteiger partial charge in [0, 0.05) is 18.2 Å². The van der Waals surface area contributed by atoms with Gasteiger partial charge in [-0.3, -0.25) is 0 Å². The molecule has 0 radical (unpaired) electrons. The Morgan fingerprint density at radius 3 is 2.57 bits per heavy atom. The van der Waals surface area contributed by atoms with E-state index in [4.69, 9.17) is 4.52 Å². The molecule has 1 unspecified atom stereocenters. The highest BCUT2D eigenvalue weighted by Gasteiger charge is 2.30. The van der Waals surface area contributed by atoms with Gasteiger partial charge in [0.05, 0.1) is 11.3 Å². The van der Waals surface area contributed by atoms with Gasteiger partial charge in [0.15, 0.2) is 0 Å². The molecular weight excluding hydrogens is 281 g/mol. The maximum atomic E-state index is 12.7. The summed E-state index contributed by atoms with van der Waals surface area (Å²) in [5.74, 6) is 0.719. The van der Waals surface area contributed by atoms with Crippen LogP contribution in [0.15, 0.2) is 28.8 Å². The molecule has 1 N–H and O–H groups in total. The minimum absolute atomic E-state index is 0.207. The quantitative estimate of drug-likeness (QED) is 0.921. The second-order valence-electron chi connectivity index (χ2n) is 5.03. The predicted molar refractivity (Wildman–Crippen MR) is 72.7 cm³/mol. The van der Waals surface area contributed by atoms with Gasteiger partial charge in [-0.15, -0.1) is 0 Å². The molecular formula is C15H17F3N2O. The molecule has 0 spiro atoms. The molecule has 2 rings (SSSR count). The number of hydrogen-bond acceptors (Lipinski definition) is 3. The van der Waals surface area contributed by atoms with Crippen molar-refractivity contribution in [1.82, 2.24) is 10.5 Å². The molecule has 1 heterocycles. The summed E-state index contributed by atoms with van der Waals surface area (Å²) in [5, 5.41) is 7.04. The predicted octanol–water partition coefficient (Wildman–Crippen LogP) is 4.16. The van der Waals surface area contributed by atoms with Crippen LogP contribution in [0.25, 0.3) is 0 Å². The number of alkyl halides is 3. The third-order valence-corrected chi connectivity index (χ3v) is 3.48. The molecule has 0 saturated heterocycles. The van der Waals surface area contributed by atoms with Crippen LogP contribution in [0.1, 0.15) is 41.1 Å². The van der Waals surface area contributed by atoms with E-state index in [9.17, 15) is 13.2 Å². The van der Waals surface area contributed by atoms with Crippen molar-refractivity contribution in [3.8, 4) is 0 Å². The Bertz CT molecular complexity index is 600. The molecule has 0 aliphatic carbocycles. The second-order valence-corrected chi connectivity index (χ2v) is 5.03. The second kappa shape index (κ2) is 5.89. The van der Waals surface area contributed by atoms with Crippen LogP contribution >= 0.6 is 0 Å². The molecule has 0 aliphatic rings. The molecule has 1 atom stereocenters. The molecule has 6 heteroatoms. The Hall–Kier alpha value is -1.82. The minimum Gasteiger partial charge on any atom is -0.361 e. The van der Waals surface area contributed by atoms with Crippen molar-refractivity contribution in [3.05, 3.63) is 52.4 Å². The summed E-state index contributed by atoms with van der Waals surface area (Å²) in [6.45, 7) is 5.97. The van der Waals surface area contributed by atoms with Crippen molar-refractivity contribution in [2.45, 2.75) is 39.5 Å². The van der Waals surface area contributed by atoms with Crippen LogP contribution in [0.4, 0.5) is 13.2 Å². The highest BCUT2D eigenvalue weighted by Crippen LogP contribution is 2.30. The van der Waals surface area contributed by atoms with E-state index in [-0.39, 0.29) is 6.04 Å². The Kier molecular flexibility index (Phi) is 4.37. The van der Waals surface area contributed by atoms with Gasteiger partial charge in [-0.1, -0.05) is 17.3 Å². The smallest absolute Gasteiger partial charge is 0.361 e. The monoisotopic (exact) mass is 298 g/mol. The first-order chi connectivity index (χ1) is 9.79. The average molecular weight is 298 g/mol. The fourth-order valence-corrected chi connectivity index (χ4v) is 2.11. The van der Waals surface area contributed by atoms with Crippen molar-refractivity contribution in [2.75, 3.05) is 0 Å². The number of benzene rings is 1. The summed E-state index contributed by atoms with van der Waals surface area (Å²) in [6, 6.07) is 5.14. The highest BCUT2D eigenvalue weighted by molar-refractivity contribution is 5.28. The Morgan fingerprint density at radius 2 is 2.00 bits per heavy atom. The molecule has 1 aromatic carbocycles. The van der Waals surface area contributed by atoms with E-state index in [0.717, 1.165) is 23.1 Å². The molecule has 3 nitrogen and oxygen atoms in total. The van der Waals surface area contributed by atoms with Gasteiger partial charge < -0.3 is 9.84 Å². The molecule has 0 bridgehead atoms. The van der Waals surface area contributed by atoms with E-state index >= 15 is 0 Å². The van der Waals surface area contributed by atoms with Gasteiger partial charge in [0.25, 0.3) is 0 Å². The van der Waals surface area contributed by atoms with Gasteiger partial charge in [-0.25, -0.2) is 0 Å². The summed E-state index contributed by atoms with van der Waals surface area (Å²) < 4.78 is 43.2. The molecule has 21 heavy (non-hydrogen) atoms. The largest absolute Gasteiger partial charge is 0.416 e. The van der Waals surface area contributed by atoms with Crippen LogP contribution in [-0.2, 0) is 12.7 Å². The van der Waals surface area contributed by atoms with Crippen LogP contribution in [0, 0.1) is 13.8 Å². The van der Waals surface area contributed by atoms with Crippen molar-refractivity contribution in [3.63, 3.8) is 0 Å². The molecule has 2 aromatic rings. The zero-order valence-electron chi connectivity index (χ0n) is 12.1. The number of aryl methyl sites for hydroxylation is 2. The topological polar surface area (TPSA) is 38.1 Å². The van der Waals surface area contributed by atoms with Crippen LogP contribution in [0.2, 0.25) is 0 Å². The molecule has 0 aliphatic heterocycles. The first kappa shape index (κ1) is 15.6. The number of aromatic nitrogens is 1. The number of nitrogens with zero attached hydrogens (tertiary/aromatic N) is 1. The minimum atomic E-state index is -4.32. The summed E-state index contributed by atoms with van der Waals surface area (Å²) in [6.07, 6.45) is -4.32. The number of halogens is 3. The molecule has 1 aromatic heterocycles. The maximum Gasteiger partial charge on any atom is 0.416 e. The zero-order chi connectivity index (χ0) is 15.6. The van der Waals surface area contributed by atoms with Crippen LogP contribution in [-0.4, -0.2) is 5.16 Å². The molecule has 0 fully saturated rings. The van der Waals surface area contributed by atoms with Crippen LogP contribution in [0.5, 0.6) is 0 Å². The number of hydrogen-bond donors (Lipinski definition) is 1. The number of nitrogens with one attached hydrogen (secondary N) is 1. The van der Waals surface area contributed by atoms with Crippen molar-refractivity contribution >= 4 is 0 Å². The Labute approximate surface area is 121 Å². The van der Waals surface area contributed by atoms with Crippen molar-refractivity contribution in [2.24, 2.45) is 0 Å². The lowest BCUT2D eigenvalue weighted by molar-refractivity contribution is -0.137. The summed E-state index contributed by atoms with van der Waals surface area (Å²) in [7, 11) is 0. The van der Waals surface area contributed by atoms with Crippen molar-refractivity contribution in [1.29, 1.82) is 0 Å². The molecule has 0 amide bonds. The number of rotatable bonds is 4. The average Bonchev–Trinajstić information content (AvgIpc) is 2.75. The van der Waals surface area contributed by atoms with Crippen LogP contribution in [0.3, 0.4) is 0 Å². The summed E-state index contributed by atoms with van der Waals surface area (Å²) in [5.41, 5.74) is 1.69.